The molecule has 1 amide bonds. The van der Waals surface area contributed by atoms with Crippen LogP contribution in [-0.2, 0) is 6.18 Å². The van der Waals surface area contributed by atoms with Crippen molar-refractivity contribution in [2.24, 2.45) is 0 Å². The first-order valence-electron chi connectivity index (χ1n) is 9.74. The van der Waals surface area contributed by atoms with Crippen LogP contribution in [-0.4, -0.2) is 46.8 Å². The van der Waals surface area contributed by atoms with Gasteiger partial charge in [-0.1, -0.05) is 0 Å². The highest BCUT2D eigenvalue weighted by atomic mass is 19.4. The molecule has 9 nitrogen and oxygen atoms in total. The lowest BCUT2D eigenvalue weighted by molar-refractivity contribution is -0.145. The van der Waals surface area contributed by atoms with Crippen molar-refractivity contribution in [1.29, 1.82) is 0 Å². The van der Waals surface area contributed by atoms with Gasteiger partial charge in [0.1, 0.15) is 5.75 Å². The lowest BCUT2D eigenvalue weighted by Gasteiger charge is -2.12. The van der Waals surface area contributed by atoms with Gasteiger partial charge in [-0.15, -0.1) is 0 Å². The van der Waals surface area contributed by atoms with Crippen LogP contribution in [0.3, 0.4) is 0 Å². The second-order valence-electron chi connectivity index (χ2n) is 6.91. The minimum Gasteiger partial charge on any atom is -0.497 e. The number of ether oxygens (including phenoxy) is 3. The van der Waals surface area contributed by atoms with Crippen LogP contribution in [0.1, 0.15) is 16.2 Å². The highest BCUT2D eigenvalue weighted by molar-refractivity contribution is 6.04. The van der Waals surface area contributed by atoms with Crippen molar-refractivity contribution in [3.8, 4) is 23.1 Å². The van der Waals surface area contributed by atoms with Crippen LogP contribution in [0.15, 0.2) is 48.8 Å². The number of rotatable bonds is 6. The SMILES string of the molecule is COc1ccc2c(c1)nc(C(F)(F)F)n2-c1cnc(NC(=O)c2ccc(OC)c(OC)c2)cn1. The van der Waals surface area contributed by atoms with Crippen molar-refractivity contribution in [3.05, 3.63) is 60.2 Å². The van der Waals surface area contributed by atoms with E-state index in [1.807, 2.05) is 0 Å². The van der Waals surface area contributed by atoms with Crippen LogP contribution in [0.5, 0.6) is 17.2 Å². The molecule has 2 aromatic carbocycles. The van der Waals surface area contributed by atoms with Crippen LogP contribution in [0.2, 0.25) is 0 Å². The number of anilines is 1. The summed E-state index contributed by atoms with van der Waals surface area (Å²) in [5, 5.41) is 2.54. The number of imidazole rings is 1. The molecule has 34 heavy (non-hydrogen) atoms. The zero-order chi connectivity index (χ0) is 24.5. The lowest BCUT2D eigenvalue weighted by atomic mass is 10.2. The summed E-state index contributed by atoms with van der Waals surface area (Å²) in [7, 11) is 4.32. The summed E-state index contributed by atoms with van der Waals surface area (Å²) in [6.45, 7) is 0. The average Bonchev–Trinajstić information content (AvgIpc) is 3.23. The van der Waals surface area contributed by atoms with E-state index in [9.17, 15) is 18.0 Å². The van der Waals surface area contributed by atoms with E-state index in [1.165, 1.54) is 51.7 Å². The van der Waals surface area contributed by atoms with Gasteiger partial charge >= 0.3 is 6.18 Å². The first kappa shape index (κ1) is 22.8. The van der Waals surface area contributed by atoms with Crippen molar-refractivity contribution in [3.63, 3.8) is 0 Å². The fourth-order valence-corrected chi connectivity index (χ4v) is 3.28. The van der Waals surface area contributed by atoms with Gasteiger partial charge in [-0.2, -0.15) is 13.2 Å². The largest absolute Gasteiger partial charge is 0.497 e. The Morgan fingerprint density at radius 1 is 0.941 bits per heavy atom. The van der Waals surface area contributed by atoms with E-state index in [1.54, 1.807) is 6.07 Å². The van der Waals surface area contributed by atoms with Gasteiger partial charge in [0.25, 0.3) is 5.91 Å². The molecule has 1 N–H and O–H groups in total. The molecule has 0 saturated carbocycles. The number of benzene rings is 2. The first-order valence-corrected chi connectivity index (χ1v) is 9.74. The van der Waals surface area contributed by atoms with E-state index in [0.717, 1.165) is 17.0 Å². The minimum absolute atomic E-state index is 0.0446. The zero-order valence-corrected chi connectivity index (χ0v) is 18.2. The number of halogens is 3. The molecule has 0 atom stereocenters. The predicted molar refractivity (Wildman–Crippen MR) is 116 cm³/mol. The van der Waals surface area contributed by atoms with Crippen molar-refractivity contribution < 1.29 is 32.2 Å². The van der Waals surface area contributed by atoms with Gasteiger partial charge in [0.15, 0.2) is 23.1 Å². The van der Waals surface area contributed by atoms with Crippen molar-refractivity contribution in [2.45, 2.75) is 6.18 Å². The van der Waals surface area contributed by atoms with E-state index in [0.29, 0.717) is 17.2 Å². The topological polar surface area (TPSA) is 100 Å². The Bertz CT molecular complexity index is 1350. The molecule has 0 radical (unpaired) electrons. The maximum atomic E-state index is 13.7. The summed E-state index contributed by atoms with van der Waals surface area (Å²) in [5.41, 5.74) is 0.515. The van der Waals surface area contributed by atoms with Crippen molar-refractivity contribution in [2.75, 3.05) is 26.6 Å². The molecule has 4 rings (SSSR count). The third kappa shape index (κ3) is 4.29. The number of carbonyl (C=O) groups is 1. The number of alkyl halides is 3. The molecule has 176 valence electrons. The summed E-state index contributed by atoms with van der Waals surface area (Å²) >= 11 is 0. The molecular formula is C22H18F3N5O4. The van der Waals surface area contributed by atoms with Gasteiger partial charge in [0, 0.05) is 11.6 Å². The van der Waals surface area contributed by atoms with E-state index in [2.05, 4.69) is 20.3 Å². The Hall–Kier alpha value is -4.35. The molecule has 2 aromatic heterocycles. The first-order chi connectivity index (χ1) is 16.2. The number of hydrogen-bond donors (Lipinski definition) is 1. The summed E-state index contributed by atoms with van der Waals surface area (Å²) < 4.78 is 57.2. The van der Waals surface area contributed by atoms with Crippen LogP contribution in [0, 0.1) is 0 Å². The Morgan fingerprint density at radius 2 is 1.71 bits per heavy atom. The quantitative estimate of drug-likeness (QED) is 0.450. The van der Waals surface area contributed by atoms with Gasteiger partial charge in [-0.05, 0) is 30.3 Å². The number of amides is 1. The Morgan fingerprint density at radius 3 is 2.32 bits per heavy atom. The number of nitrogens with one attached hydrogen (secondary N) is 1. The smallest absolute Gasteiger partial charge is 0.450 e. The summed E-state index contributed by atoms with van der Waals surface area (Å²) in [4.78, 5) is 24.4. The summed E-state index contributed by atoms with van der Waals surface area (Å²) in [5.74, 6) is -0.572. The second-order valence-corrected chi connectivity index (χ2v) is 6.91. The van der Waals surface area contributed by atoms with Gasteiger partial charge in [0.05, 0.1) is 44.8 Å². The molecule has 4 aromatic rings. The monoisotopic (exact) mass is 473 g/mol. The average molecular weight is 473 g/mol. The lowest BCUT2D eigenvalue weighted by Crippen LogP contribution is -2.16. The molecule has 0 unspecified atom stereocenters. The van der Waals surface area contributed by atoms with Gasteiger partial charge in [0.2, 0.25) is 5.82 Å². The number of methoxy groups -OCH3 is 3. The summed E-state index contributed by atoms with van der Waals surface area (Å²) in [6.07, 6.45) is -2.47. The standard InChI is InChI=1S/C22H18F3N5O4/c1-32-13-5-6-15-14(9-13)28-21(22(23,24)25)30(15)19-11-26-18(10-27-19)29-20(31)12-4-7-16(33-2)17(8-12)34-3/h4-11H,1-3H3,(H,26,29,31). The molecule has 0 bridgehead atoms. The highest BCUT2D eigenvalue weighted by Crippen LogP contribution is 2.34. The molecule has 0 aliphatic rings. The number of hydrogen-bond acceptors (Lipinski definition) is 7. The molecule has 0 saturated heterocycles. The predicted octanol–water partition coefficient (Wildman–Crippen LogP) is 4.11. The van der Waals surface area contributed by atoms with E-state index in [-0.39, 0.29) is 28.2 Å². The van der Waals surface area contributed by atoms with Crippen LogP contribution >= 0.6 is 0 Å². The van der Waals surface area contributed by atoms with Crippen LogP contribution in [0.25, 0.3) is 16.9 Å². The third-order valence-corrected chi connectivity index (χ3v) is 4.87. The fourth-order valence-electron chi connectivity index (χ4n) is 3.28. The molecule has 0 aliphatic heterocycles. The van der Waals surface area contributed by atoms with E-state index >= 15 is 0 Å². The molecule has 2 heterocycles. The number of nitrogens with zero attached hydrogens (tertiary/aromatic N) is 4. The van der Waals surface area contributed by atoms with E-state index in [4.69, 9.17) is 14.2 Å². The third-order valence-electron chi connectivity index (χ3n) is 4.87. The van der Waals surface area contributed by atoms with Crippen molar-refractivity contribution in [1.82, 2.24) is 19.5 Å². The van der Waals surface area contributed by atoms with Crippen molar-refractivity contribution >= 4 is 22.8 Å². The molecular weight excluding hydrogens is 455 g/mol. The maximum absolute atomic E-state index is 13.7. The van der Waals surface area contributed by atoms with E-state index < -0.39 is 17.9 Å². The molecule has 12 heteroatoms. The van der Waals surface area contributed by atoms with Crippen LogP contribution in [0.4, 0.5) is 19.0 Å². The maximum Gasteiger partial charge on any atom is 0.450 e. The Balaban J connectivity index is 1.65. The fraction of sp³-hybridized carbons (Fsp3) is 0.182. The number of aromatic nitrogens is 4. The normalized spacial score (nSPS) is 11.4. The number of fused-ring (bicyclic) bond motifs is 1. The van der Waals surface area contributed by atoms with Crippen LogP contribution < -0.4 is 19.5 Å². The molecule has 0 fully saturated rings. The second kappa shape index (κ2) is 8.89. The number of carbonyl (C=O) groups excluding carboxylic acids is 1. The Labute approximate surface area is 191 Å². The van der Waals surface area contributed by atoms with Gasteiger partial charge in [-0.3, -0.25) is 9.36 Å². The zero-order valence-electron chi connectivity index (χ0n) is 18.2. The Kier molecular flexibility index (Phi) is 5.97. The minimum atomic E-state index is -4.74. The summed E-state index contributed by atoms with van der Waals surface area (Å²) in [6, 6.07) is 8.95. The molecule has 0 aliphatic carbocycles. The molecule has 0 spiro atoms. The van der Waals surface area contributed by atoms with Gasteiger partial charge < -0.3 is 19.5 Å². The highest BCUT2D eigenvalue weighted by Gasteiger charge is 2.38. The van der Waals surface area contributed by atoms with Gasteiger partial charge in [-0.25, -0.2) is 15.0 Å².